The Bertz CT molecular complexity index is 568. The molecule has 2 N–H and O–H groups in total. The van der Waals surface area contributed by atoms with E-state index < -0.39 is 6.10 Å². The Morgan fingerprint density at radius 2 is 2.30 bits per heavy atom. The molecule has 20 heavy (non-hydrogen) atoms. The minimum absolute atomic E-state index is 0.379. The quantitative estimate of drug-likeness (QED) is 0.732. The zero-order chi connectivity index (χ0) is 14.5. The molecular formula is C14H22N4O2. The molecule has 0 aliphatic rings. The highest BCUT2D eigenvalue weighted by atomic mass is 16.5. The molecule has 2 heterocycles. The maximum Gasteiger partial charge on any atom is 0.157 e. The van der Waals surface area contributed by atoms with Crippen molar-refractivity contribution in [2.75, 3.05) is 20.3 Å². The summed E-state index contributed by atoms with van der Waals surface area (Å²) in [5, 5.41) is 18.3. The van der Waals surface area contributed by atoms with Crippen molar-refractivity contribution in [1.29, 1.82) is 0 Å². The number of aliphatic hydroxyl groups is 1. The van der Waals surface area contributed by atoms with Gasteiger partial charge in [-0.2, -0.15) is 5.10 Å². The van der Waals surface area contributed by atoms with Gasteiger partial charge in [-0.05, 0) is 31.5 Å². The van der Waals surface area contributed by atoms with Gasteiger partial charge in [0.2, 0.25) is 0 Å². The highest BCUT2D eigenvalue weighted by Crippen LogP contribution is 2.16. The maximum absolute atomic E-state index is 9.54. The SMILES string of the molecule is COCC(O)CCNCc1cnc2c(c1)c(C)nn2C. The molecule has 2 rings (SSSR count). The molecule has 0 amide bonds. The minimum atomic E-state index is -0.409. The molecule has 0 spiro atoms. The summed E-state index contributed by atoms with van der Waals surface area (Å²) < 4.78 is 6.68. The predicted molar refractivity (Wildman–Crippen MR) is 77.5 cm³/mol. The summed E-state index contributed by atoms with van der Waals surface area (Å²) in [6.45, 7) is 3.85. The molecule has 0 aliphatic carbocycles. The van der Waals surface area contributed by atoms with Crippen molar-refractivity contribution in [3.8, 4) is 0 Å². The average Bonchev–Trinajstić information content (AvgIpc) is 2.70. The molecule has 0 saturated heterocycles. The lowest BCUT2D eigenvalue weighted by Crippen LogP contribution is -2.23. The van der Waals surface area contributed by atoms with Crippen molar-refractivity contribution in [3.05, 3.63) is 23.5 Å². The normalized spacial score (nSPS) is 13.0. The number of pyridine rings is 1. The minimum Gasteiger partial charge on any atom is -0.391 e. The second-order valence-electron chi connectivity index (χ2n) is 5.00. The Labute approximate surface area is 118 Å². The third-order valence-corrected chi connectivity index (χ3v) is 3.26. The van der Waals surface area contributed by atoms with Gasteiger partial charge in [-0.25, -0.2) is 4.98 Å². The van der Waals surface area contributed by atoms with Crippen LogP contribution in [-0.2, 0) is 18.3 Å². The fraction of sp³-hybridized carbons (Fsp3) is 0.571. The van der Waals surface area contributed by atoms with Gasteiger partial charge in [0.25, 0.3) is 0 Å². The summed E-state index contributed by atoms with van der Waals surface area (Å²) in [7, 11) is 3.49. The van der Waals surface area contributed by atoms with E-state index in [0.29, 0.717) is 13.0 Å². The van der Waals surface area contributed by atoms with Crippen molar-refractivity contribution >= 4 is 11.0 Å². The third-order valence-electron chi connectivity index (χ3n) is 3.26. The van der Waals surface area contributed by atoms with Gasteiger partial charge in [-0.1, -0.05) is 0 Å². The first-order chi connectivity index (χ1) is 9.61. The van der Waals surface area contributed by atoms with Crippen LogP contribution in [-0.4, -0.2) is 46.2 Å². The number of aliphatic hydroxyl groups excluding tert-OH is 1. The van der Waals surface area contributed by atoms with Gasteiger partial charge in [0.05, 0.1) is 18.4 Å². The van der Waals surface area contributed by atoms with E-state index in [2.05, 4.69) is 21.5 Å². The van der Waals surface area contributed by atoms with E-state index in [1.165, 1.54) is 0 Å². The van der Waals surface area contributed by atoms with Gasteiger partial charge in [0, 0.05) is 32.3 Å². The molecule has 0 radical (unpaired) electrons. The van der Waals surface area contributed by atoms with E-state index in [1.807, 2.05) is 20.2 Å². The number of nitrogens with one attached hydrogen (secondary N) is 1. The van der Waals surface area contributed by atoms with E-state index >= 15 is 0 Å². The molecule has 0 aromatic carbocycles. The molecular weight excluding hydrogens is 256 g/mol. The van der Waals surface area contributed by atoms with Crippen LogP contribution in [0.15, 0.2) is 12.3 Å². The second-order valence-corrected chi connectivity index (χ2v) is 5.00. The van der Waals surface area contributed by atoms with Gasteiger partial charge in [-0.3, -0.25) is 4.68 Å². The third kappa shape index (κ3) is 3.53. The van der Waals surface area contributed by atoms with E-state index in [1.54, 1.807) is 11.8 Å². The number of aromatic nitrogens is 3. The Morgan fingerprint density at radius 3 is 3.05 bits per heavy atom. The van der Waals surface area contributed by atoms with Crippen molar-refractivity contribution in [2.24, 2.45) is 7.05 Å². The van der Waals surface area contributed by atoms with E-state index in [0.717, 1.165) is 35.4 Å². The molecule has 0 fully saturated rings. The lowest BCUT2D eigenvalue weighted by molar-refractivity contribution is 0.0594. The largest absolute Gasteiger partial charge is 0.391 e. The van der Waals surface area contributed by atoms with E-state index in [9.17, 15) is 5.11 Å². The molecule has 110 valence electrons. The monoisotopic (exact) mass is 278 g/mol. The van der Waals surface area contributed by atoms with Crippen LogP contribution in [0, 0.1) is 6.92 Å². The smallest absolute Gasteiger partial charge is 0.157 e. The molecule has 6 heteroatoms. The topological polar surface area (TPSA) is 72.2 Å². The molecule has 0 bridgehead atoms. The Balaban J connectivity index is 1.89. The Morgan fingerprint density at radius 1 is 1.50 bits per heavy atom. The van der Waals surface area contributed by atoms with Gasteiger partial charge < -0.3 is 15.2 Å². The van der Waals surface area contributed by atoms with Crippen LogP contribution >= 0.6 is 0 Å². The summed E-state index contributed by atoms with van der Waals surface area (Å²) in [6.07, 6.45) is 2.13. The fourth-order valence-electron chi connectivity index (χ4n) is 2.22. The number of hydrogen-bond donors (Lipinski definition) is 2. The number of fused-ring (bicyclic) bond motifs is 1. The van der Waals surface area contributed by atoms with Crippen LogP contribution < -0.4 is 5.32 Å². The van der Waals surface area contributed by atoms with Crippen LogP contribution in [0.2, 0.25) is 0 Å². The second kappa shape index (κ2) is 6.78. The first kappa shape index (κ1) is 14.9. The highest BCUT2D eigenvalue weighted by molar-refractivity contribution is 5.78. The first-order valence-electron chi connectivity index (χ1n) is 6.77. The summed E-state index contributed by atoms with van der Waals surface area (Å²) in [4.78, 5) is 4.44. The van der Waals surface area contributed by atoms with E-state index in [4.69, 9.17) is 4.74 Å². The van der Waals surface area contributed by atoms with Crippen molar-refractivity contribution < 1.29 is 9.84 Å². The Kier molecular flexibility index (Phi) is 5.05. The van der Waals surface area contributed by atoms with Gasteiger partial charge >= 0.3 is 0 Å². The molecule has 0 saturated carbocycles. The van der Waals surface area contributed by atoms with Crippen LogP contribution in [0.4, 0.5) is 0 Å². The fourth-order valence-corrected chi connectivity index (χ4v) is 2.22. The molecule has 1 atom stereocenters. The molecule has 1 unspecified atom stereocenters. The summed E-state index contributed by atoms with van der Waals surface area (Å²) >= 11 is 0. The number of hydrogen-bond acceptors (Lipinski definition) is 5. The van der Waals surface area contributed by atoms with Gasteiger partial charge in [0.1, 0.15) is 0 Å². The molecule has 6 nitrogen and oxygen atoms in total. The average molecular weight is 278 g/mol. The number of methoxy groups -OCH3 is 1. The number of nitrogens with zero attached hydrogens (tertiary/aromatic N) is 3. The lowest BCUT2D eigenvalue weighted by atomic mass is 10.2. The van der Waals surface area contributed by atoms with Crippen LogP contribution in [0.25, 0.3) is 11.0 Å². The number of aryl methyl sites for hydroxylation is 2. The van der Waals surface area contributed by atoms with Crippen LogP contribution in [0.1, 0.15) is 17.7 Å². The standard InChI is InChI=1S/C14H22N4O2/c1-10-13-6-11(8-16-14(13)18(2)17-10)7-15-5-4-12(19)9-20-3/h6,8,12,15,19H,4-5,7,9H2,1-3H3. The lowest BCUT2D eigenvalue weighted by Gasteiger charge is -2.10. The molecule has 2 aromatic heterocycles. The Hall–Kier alpha value is -1.50. The van der Waals surface area contributed by atoms with Crippen molar-refractivity contribution in [2.45, 2.75) is 26.0 Å². The highest BCUT2D eigenvalue weighted by Gasteiger charge is 2.07. The van der Waals surface area contributed by atoms with Crippen molar-refractivity contribution in [3.63, 3.8) is 0 Å². The van der Waals surface area contributed by atoms with Crippen LogP contribution in [0.3, 0.4) is 0 Å². The molecule has 0 aliphatic heterocycles. The number of rotatable bonds is 7. The predicted octanol–water partition coefficient (Wildman–Crippen LogP) is 0.764. The van der Waals surface area contributed by atoms with Crippen LogP contribution in [0.5, 0.6) is 0 Å². The maximum atomic E-state index is 9.54. The van der Waals surface area contributed by atoms with Gasteiger partial charge in [-0.15, -0.1) is 0 Å². The van der Waals surface area contributed by atoms with E-state index in [-0.39, 0.29) is 0 Å². The van der Waals surface area contributed by atoms with Crippen molar-refractivity contribution in [1.82, 2.24) is 20.1 Å². The zero-order valence-electron chi connectivity index (χ0n) is 12.3. The number of ether oxygens (including phenoxy) is 1. The molecule has 2 aromatic rings. The first-order valence-corrected chi connectivity index (χ1v) is 6.77. The van der Waals surface area contributed by atoms with Gasteiger partial charge in [0.15, 0.2) is 5.65 Å². The summed E-state index contributed by atoms with van der Waals surface area (Å²) in [6, 6.07) is 2.11. The zero-order valence-corrected chi connectivity index (χ0v) is 12.3. The summed E-state index contributed by atoms with van der Waals surface area (Å²) in [5.41, 5.74) is 3.02. The summed E-state index contributed by atoms with van der Waals surface area (Å²) in [5.74, 6) is 0.